The molecule has 1 aromatic heterocycles. The molecule has 0 radical (unpaired) electrons. The van der Waals surface area contributed by atoms with E-state index in [-0.39, 0.29) is 0 Å². The summed E-state index contributed by atoms with van der Waals surface area (Å²) in [6, 6.07) is 8.00. The molecule has 0 aliphatic rings. The monoisotopic (exact) mass is 204 g/mol. The van der Waals surface area contributed by atoms with Gasteiger partial charge in [0.15, 0.2) is 0 Å². The summed E-state index contributed by atoms with van der Waals surface area (Å²) in [5.74, 6) is 1.36. The van der Waals surface area contributed by atoms with Crippen molar-refractivity contribution in [2.75, 3.05) is 0 Å². The van der Waals surface area contributed by atoms with Crippen molar-refractivity contribution in [1.82, 2.24) is 0 Å². The Hall–Kier alpha value is -1.10. The molecule has 4 heteroatoms. The lowest BCUT2D eigenvalue weighted by atomic mass is 9.90. The van der Waals surface area contributed by atoms with E-state index in [0.29, 0.717) is 0 Å². The lowest BCUT2D eigenvalue weighted by Gasteiger charge is -1.95. The van der Waals surface area contributed by atoms with Gasteiger partial charge >= 0.3 is 7.12 Å². The molecule has 2 nitrogen and oxygen atoms in total. The van der Waals surface area contributed by atoms with Crippen LogP contribution in [0, 0.1) is 0 Å². The molecule has 2 rings (SSSR count). The number of hydrogen-bond donors (Lipinski definition) is 2. The fraction of sp³-hybridized carbons (Fsp3) is 0. The van der Waals surface area contributed by atoms with Crippen molar-refractivity contribution in [2.24, 2.45) is 0 Å². The Morgan fingerprint density at radius 1 is 1.21 bits per heavy atom. The zero-order valence-corrected chi connectivity index (χ0v) is 8.24. The molecule has 2 N–H and O–H groups in total. The molecule has 0 bridgehead atoms. The van der Waals surface area contributed by atoms with Crippen molar-refractivity contribution in [3.05, 3.63) is 41.2 Å². The summed E-state index contributed by atoms with van der Waals surface area (Å²) in [5.41, 5.74) is 1.02. The first kappa shape index (κ1) is 9.46. The number of benzene rings is 1. The summed E-state index contributed by atoms with van der Waals surface area (Å²) >= 11 is 1.65. The Kier molecular flexibility index (Phi) is 2.68. The normalized spacial score (nSPS) is 11.3. The second-order valence-corrected chi connectivity index (χ2v) is 3.88. The van der Waals surface area contributed by atoms with E-state index in [1.54, 1.807) is 17.4 Å². The van der Waals surface area contributed by atoms with Crippen LogP contribution in [0.25, 0.3) is 16.2 Å². The van der Waals surface area contributed by atoms with Gasteiger partial charge in [0.05, 0.1) is 0 Å². The quantitative estimate of drug-likeness (QED) is 0.733. The summed E-state index contributed by atoms with van der Waals surface area (Å²) in [6.07, 6.45) is 1.73. The Labute approximate surface area is 86.3 Å². The zero-order chi connectivity index (χ0) is 9.97. The van der Waals surface area contributed by atoms with Crippen LogP contribution in [0.5, 0.6) is 0 Å². The molecule has 0 fully saturated rings. The SMILES string of the molecule is OB(O)/C=C/c1cccc2ccsc12. The van der Waals surface area contributed by atoms with Crippen LogP contribution in [0.15, 0.2) is 35.6 Å². The fourth-order valence-electron chi connectivity index (χ4n) is 1.34. The lowest BCUT2D eigenvalue weighted by molar-refractivity contribution is 0.424. The van der Waals surface area contributed by atoms with Crippen LogP contribution in [0.2, 0.25) is 0 Å². The third kappa shape index (κ3) is 1.87. The van der Waals surface area contributed by atoms with Gasteiger partial charge in [0.2, 0.25) is 0 Å². The summed E-state index contributed by atoms with van der Waals surface area (Å²) in [7, 11) is -1.38. The second kappa shape index (κ2) is 3.96. The summed E-state index contributed by atoms with van der Waals surface area (Å²) in [4.78, 5) is 0. The minimum atomic E-state index is -1.38. The molecule has 70 valence electrons. The van der Waals surface area contributed by atoms with Crippen LogP contribution in [0.1, 0.15) is 5.56 Å². The highest BCUT2D eigenvalue weighted by atomic mass is 32.1. The fourth-order valence-corrected chi connectivity index (χ4v) is 2.23. The van der Waals surface area contributed by atoms with Gasteiger partial charge in [-0.1, -0.05) is 30.3 Å². The van der Waals surface area contributed by atoms with E-state index in [4.69, 9.17) is 10.0 Å². The second-order valence-electron chi connectivity index (χ2n) is 2.96. The zero-order valence-electron chi connectivity index (χ0n) is 7.42. The molecule has 1 heterocycles. The van der Waals surface area contributed by atoms with E-state index < -0.39 is 7.12 Å². The topological polar surface area (TPSA) is 40.5 Å². The van der Waals surface area contributed by atoms with Crippen LogP contribution in [-0.2, 0) is 0 Å². The van der Waals surface area contributed by atoms with Gasteiger partial charge in [-0.05, 0) is 22.4 Å². The molecule has 0 saturated carbocycles. The van der Waals surface area contributed by atoms with E-state index in [2.05, 4.69) is 0 Å². The summed E-state index contributed by atoms with van der Waals surface area (Å²) < 4.78 is 1.17. The molecule has 0 aliphatic carbocycles. The summed E-state index contributed by atoms with van der Waals surface area (Å²) in [5, 5.41) is 20.6. The highest BCUT2D eigenvalue weighted by molar-refractivity contribution is 7.17. The Morgan fingerprint density at radius 3 is 2.86 bits per heavy atom. The third-order valence-electron chi connectivity index (χ3n) is 1.96. The van der Waals surface area contributed by atoms with Crippen LogP contribution < -0.4 is 0 Å². The standard InChI is InChI=1S/C10H9BO2S/c12-11(13)6-4-8-2-1-3-9-5-7-14-10(8)9/h1-7,12-13H/b6-4+. The van der Waals surface area contributed by atoms with Crippen molar-refractivity contribution in [3.8, 4) is 0 Å². The molecule has 2 aromatic rings. The van der Waals surface area contributed by atoms with Crippen molar-refractivity contribution in [1.29, 1.82) is 0 Å². The number of thiophene rings is 1. The maximum atomic E-state index is 8.71. The molecule has 0 spiro atoms. The minimum absolute atomic E-state index is 1.02. The molecule has 0 aliphatic heterocycles. The van der Waals surface area contributed by atoms with E-state index in [1.807, 2.05) is 29.6 Å². The van der Waals surface area contributed by atoms with Gasteiger partial charge < -0.3 is 10.0 Å². The maximum Gasteiger partial charge on any atom is 0.480 e. The molecular formula is C10H9BO2S. The molecule has 0 atom stereocenters. The van der Waals surface area contributed by atoms with E-state index >= 15 is 0 Å². The first-order chi connectivity index (χ1) is 6.77. The maximum absolute atomic E-state index is 8.71. The first-order valence-corrected chi connectivity index (χ1v) is 5.16. The van der Waals surface area contributed by atoms with Gasteiger partial charge in [0.1, 0.15) is 0 Å². The van der Waals surface area contributed by atoms with E-state index in [0.717, 1.165) is 5.56 Å². The smallest absolute Gasteiger partial charge is 0.424 e. The Balaban J connectivity index is 2.46. The van der Waals surface area contributed by atoms with Crippen LogP contribution in [0.3, 0.4) is 0 Å². The van der Waals surface area contributed by atoms with Crippen molar-refractivity contribution < 1.29 is 10.0 Å². The molecule has 0 amide bonds. The number of hydrogen-bond acceptors (Lipinski definition) is 3. The van der Waals surface area contributed by atoms with Crippen LogP contribution in [0.4, 0.5) is 0 Å². The molecule has 0 saturated heterocycles. The van der Waals surface area contributed by atoms with Gasteiger partial charge in [0.25, 0.3) is 0 Å². The van der Waals surface area contributed by atoms with E-state index in [9.17, 15) is 0 Å². The average Bonchev–Trinajstić information content (AvgIpc) is 2.62. The van der Waals surface area contributed by atoms with E-state index in [1.165, 1.54) is 16.1 Å². The minimum Gasteiger partial charge on any atom is -0.424 e. The third-order valence-corrected chi connectivity index (χ3v) is 2.94. The van der Waals surface area contributed by atoms with Gasteiger partial charge in [-0.25, -0.2) is 0 Å². The van der Waals surface area contributed by atoms with Crippen molar-refractivity contribution >= 4 is 34.6 Å². The number of rotatable bonds is 2. The van der Waals surface area contributed by atoms with Crippen LogP contribution in [-0.4, -0.2) is 17.2 Å². The van der Waals surface area contributed by atoms with Gasteiger partial charge in [-0.3, -0.25) is 0 Å². The van der Waals surface area contributed by atoms with Crippen molar-refractivity contribution in [2.45, 2.75) is 0 Å². The highest BCUT2D eigenvalue weighted by Crippen LogP contribution is 2.25. The molecular weight excluding hydrogens is 195 g/mol. The summed E-state index contributed by atoms with van der Waals surface area (Å²) in [6.45, 7) is 0. The molecule has 1 aromatic carbocycles. The highest BCUT2D eigenvalue weighted by Gasteiger charge is 2.01. The lowest BCUT2D eigenvalue weighted by Crippen LogP contribution is -2.05. The first-order valence-electron chi connectivity index (χ1n) is 4.28. The predicted octanol–water partition coefficient (Wildman–Crippen LogP) is 1.93. The van der Waals surface area contributed by atoms with Gasteiger partial charge in [-0.15, -0.1) is 11.3 Å². The van der Waals surface area contributed by atoms with Crippen LogP contribution >= 0.6 is 11.3 Å². The Morgan fingerprint density at radius 2 is 2.07 bits per heavy atom. The predicted molar refractivity (Wildman–Crippen MR) is 61.1 cm³/mol. The molecule has 0 unspecified atom stereocenters. The van der Waals surface area contributed by atoms with Gasteiger partial charge in [0, 0.05) is 4.70 Å². The number of fused-ring (bicyclic) bond motifs is 1. The largest absolute Gasteiger partial charge is 0.480 e. The Bertz CT molecular complexity index is 462. The molecule has 14 heavy (non-hydrogen) atoms. The van der Waals surface area contributed by atoms with Crippen molar-refractivity contribution in [3.63, 3.8) is 0 Å². The average molecular weight is 204 g/mol. The van der Waals surface area contributed by atoms with Gasteiger partial charge in [-0.2, -0.15) is 0 Å².